The Hall–Kier alpha value is -1.89. The predicted octanol–water partition coefficient (Wildman–Crippen LogP) is 4.26. The number of hydrogen-bond donors (Lipinski definition) is 2. The van der Waals surface area contributed by atoms with E-state index in [1.807, 2.05) is 25.1 Å². The van der Waals surface area contributed by atoms with E-state index in [0.29, 0.717) is 5.56 Å². The fourth-order valence-corrected chi connectivity index (χ4v) is 5.74. The average molecular weight is 401 g/mol. The van der Waals surface area contributed by atoms with Gasteiger partial charge in [0.05, 0.1) is 5.56 Å². The Labute approximate surface area is 170 Å². The Bertz CT molecular complexity index is 919. The number of nitrogens with two attached hydrogens (primary N) is 1. The number of carbonyl (C=O) groups is 1. The molecule has 1 aliphatic carbocycles. The van der Waals surface area contributed by atoms with E-state index in [9.17, 15) is 9.90 Å². The number of rotatable bonds is 4. The van der Waals surface area contributed by atoms with Gasteiger partial charge in [-0.1, -0.05) is 13.8 Å². The summed E-state index contributed by atoms with van der Waals surface area (Å²) in [5, 5.41) is 11.7. The summed E-state index contributed by atoms with van der Waals surface area (Å²) in [6.07, 6.45) is 3.93. The monoisotopic (exact) mass is 400 g/mol. The molecule has 28 heavy (non-hydrogen) atoms. The summed E-state index contributed by atoms with van der Waals surface area (Å²) in [4.78, 5) is 14.3. The largest absolute Gasteiger partial charge is 0.489 e. The first-order valence-electron chi connectivity index (χ1n) is 9.89. The van der Waals surface area contributed by atoms with Crippen molar-refractivity contribution in [1.82, 2.24) is 5.01 Å². The van der Waals surface area contributed by atoms with Gasteiger partial charge in [-0.15, -0.1) is 11.3 Å². The molecule has 2 heterocycles. The van der Waals surface area contributed by atoms with Crippen LogP contribution in [0.25, 0.3) is 10.4 Å². The SMILES string of the molecule is Cc1cc(O[C@@H]2CCN(N)C2)ccc1-c1sc2c(c1C(=O)O)CC(C)(C)CC2. The van der Waals surface area contributed by atoms with Gasteiger partial charge in [0.25, 0.3) is 0 Å². The molecular weight excluding hydrogens is 372 g/mol. The van der Waals surface area contributed by atoms with Crippen LogP contribution in [-0.4, -0.2) is 35.3 Å². The van der Waals surface area contributed by atoms with E-state index < -0.39 is 5.97 Å². The molecular formula is C22H28N2O3S. The number of fused-ring (bicyclic) bond motifs is 1. The third-order valence-corrected chi connectivity index (χ3v) is 7.24. The molecule has 1 aliphatic heterocycles. The van der Waals surface area contributed by atoms with Crippen LogP contribution in [0.3, 0.4) is 0 Å². The van der Waals surface area contributed by atoms with Gasteiger partial charge in [0.15, 0.2) is 0 Å². The van der Waals surface area contributed by atoms with Crippen molar-refractivity contribution in [1.29, 1.82) is 0 Å². The lowest BCUT2D eigenvalue weighted by molar-refractivity contribution is 0.0696. The Kier molecular flexibility index (Phi) is 4.98. The number of aromatic carboxylic acids is 1. The van der Waals surface area contributed by atoms with E-state index in [-0.39, 0.29) is 11.5 Å². The van der Waals surface area contributed by atoms with Crippen LogP contribution in [-0.2, 0) is 12.8 Å². The molecule has 4 rings (SSSR count). The van der Waals surface area contributed by atoms with E-state index in [0.717, 1.165) is 66.1 Å². The number of nitrogens with zero attached hydrogens (tertiary/aromatic N) is 1. The third kappa shape index (κ3) is 3.69. The van der Waals surface area contributed by atoms with Crippen LogP contribution in [0.4, 0.5) is 0 Å². The van der Waals surface area contributed by atoms with Crippen molar-refractivity contribution >= 4 is 17.3 Å². The van der Waals surface area contributed by atoms with Crippen molar-refractivity contribution in [3.8, 4) is 16.2 Å². The molecule has 1 atom stereocenters. The van der Waals surface area contributed by atoms with E-state index in [1.165, 1.54) is 4.88 Å². The second-order valence-corrected chi connectivity index (χ2v) is 9.96. The predicted molar refractivity (Wildman–Crippen MR) is 112 cm³/mol. The van der Waals surface area contributed by atoms with Gasteiger partial charge in [-0.25, -0.2) is 9.80 Å². The maximum absolute atomic E-state index is 12.1. The van der Waals surface area contributed by atoms with Crippen LogP contribution in [0.2, 0.25) is 0 Å². The Morgan fingerprint density at radius 3 is 2.82 bits per heavy atom. The highest BCUT2D eigenvalue weighted by atomic mass is 32.1. The zero-order valence-corrected chi connectivity index (χ0v) is 17.6. The van der Waals surface area contributed by atoms with Crippen LogP contribution in [0, 0.1) is 12.3 Å². The van der Waals surface area contributed by atoms with Gasteiger partial charge in [0.1, 0.15) is 11.9 Å². The lowest BCUT2D eigenvalue weighted by atomic mass is 9.76. The first-order valence-corrected chi connectivity index (χ1v) is 10.7. The Morgan fingerprint density at radius 1 is 1.39 bits per heavy atom. The van der Waals surface area contributed by atoms with E-state index >= 15 is 0 Å². The molecule has 0 bridgehead atoms. The lowest BCUT2D eigenvalue weighted by Crippen LogP contribution is -2.30. The Balaban J connectivity index is 1.67. The van der Waals surface area contributed by atoms with Gasteiger partial charge in [0.2, 0.25) is 0 Å². The van der Waals surface area contributed by atoms with Gasteiger partial charge in [0, 0.05) is 22.8 Å². The van der Waals surface area contributed by atoms with Crippen LogP contribution in [0.5, 0.6) is 5.75 Å². The number of carboxylic acids is 1. The molecule has 1 saturated heterocycles. The summed E-state index contributed by atoms with van der Waals surface area (Å²) in [6, 6.07) is 5.98. The van der Waals surface area contributed by atoms with Gasteiger partial charge >= 0.3 is 5.97 Å². The maximum Gasteiger partial charge on any atom is 0.337 e. The van der Waals surface area contributed by atoms with Gasteiger partial charge < -0.3 is 9.84 Å². The van der Waals surface area contributed by atoms with Crippen LogP contribution in [0.15, 0.2) is 18.2 Å². The van der Waals surface area contributed by atoms with Crippen molar-refractivity contribution < 1.29 is 14.6 Å². The number of carboxylic acid groups (broad SMARTS) is 1. The Morgan fingerprint density at radius 2 is 2.18 bits per heavy atom. The van der Waals surface area contributed by atoms with Crippen molar-refractivity contribution in [2.24, 2.45) is 11.3 Å². The highest BCUT2D eigenvalue weighted by Gasteiger charge is 2.33. The number of aryl methyl sites for hydroxylation is 2. The highest BCUT2D eigenvalue weighted by Crippen LogP contribution is 2.46. The van der Waals surface area contributed by atoms with Gasteiger partial charge in [-0.2, -0.15) is 0 Å². The van der Waals surface area contributed by atoms with Gasteiger partial charge in [-0.05, 0) is 72.9 Å². The minimum Gasteiger partial charge on any atom is -0.489 e. The lowest BCUT2D eigenvalue weighted by Gasteiger charge is -2.29. The summed E-state index contributed by atoms with van der Waals surface area (Å²) in [6.45, 7) is 8.06. The highest BCUT2D eigenvalue weighted by molar-refractivity contribution is 7.16. The molecule has 0 saturated carbocycles. The zero-order chi connectivity index (χ0) is 20.1. The van der Waals surface area contributed by atoms with Crippen LogP contribution < -0.4 is 10.6 Å². The zero-order valence-electron chi connectivity index (χ0n) is 16.7. The number of hydrogen-bond acceptors (Lipinski definition) is 5. The molecule has 1 fully saturated rings. The molecule has 5 nitrogen and oxygen atoms in total. The van der Waals surface area contributed by atoms with Crippen molar-refractivity contribution in [3.05, 3.63) is 39.8 Å². The number of hydrazine groups is 1. The van der Waals surface area contributed by atoms with Crippen molar-refractivity contribution in [2.45, 2.75) is 52.6 Å². The second-order valence-electron chi connectivity index (χ2n) is 8.85. The first-order chi connectivity index (χ1) is 13.2. The number of ether oxygens (including phenoxy) is 1. The van der Waals surface area contributed by atoms with E-state index in [2.05, 4.69) is 13.8 Å². The minimum absolute atomic E-state index is 0.112. The number of thiophene rings is 1. The second kappa shape index (κ2) is 7.17. The minimum atomic E-state index is -0.820. The quantitative estimate of drug-likeness (QED) is 0.750. The topological polar surface area (TPSA) is 75.8 Å². The molecule has 2 aliphatic rings. The van der Waals surface area contributed by atoms with Crippen LogP contribution in [0.1, 0.15) is 53.1 Å². The molecule has 0 unspecified atom stereocenters. The van der Waals surface area contributed by atoms with E-state index in [1.54, 1.807) is 16.3 Å². The van der Waals surface area contributed by atoms with Crippen molar-refractivity contribution in [3.63, 3.8) is 0 Å². The third-order valence-electron chi connectivity index (χ3n) is 5.91. The maximum atomic E-state index is 12.1. The molecule has 0 amide bonds. The molecule has 3 N–H and O–H groups in total. The number of benzene rings is 1. The molecule has 1 aromatic heterocycles. The summed E-state index contributed by atoms with van der Waals surface area (Å²) in [7, 11) is 0. The molecule has 1 aromatic carbocycles. The smallest absolute Gasteiger partial charge is 0.337 e. The molecule has 2 aromatic rings. The standard InChI is InChI=1S/C22H28N2O3S/c1-13-10-14(27-15-7-9-24(23)12-15)4-5-16(13)20-19(21(25)26)17-11-22(2,3)8-6-18(17)28-20/h4-5,10,15H,6-9,11-12,23H2,1-3H3,(H,25,26)/t15-/m1/s1. The summed E-state index contributed by atoms with van der Waals surface area (Å²) in [5.41, 5.74) is 3.73. The first kappa shape index (κ1) is 19.4. The molecule has 150 valence electrons. The fraction of sp³-hybridized carbons (Fsp3) is 0.500. The molecule has 0 spiro atoms. The fourth-order valence-electron chi connectivity index (χ4n) is 4.34. The molecule has 0 radical (unpaired) electrons. The summed E-state index contributed by atoms with van der Waals surface area (Å²) in [5.74, 6) is 5.82. The normalized spacial score (nSPS) is 21.5. The molecule has 6 heteroatoms. The summed E-state index contributed by atoms with van der Waals surface area (Å²) < 4.78 is 6.07. The van der Waals surface area contributed by atoms with Crippen molar-refractivity contribution in [2.75, 3.05) is 13.1 Å². The average Bonchev–Trinajstić information content (AvgIpc) is 3.17. The van der Waals surface area contributed by atoms with Crippen LogP contribution >= 0.6 is 11.3 Å². The summed E-state index contributed by atoms with van der Waals surface area (Å²) >= 11 is 1.65. The van der Waals surface area contributed by atoms with Gasteiger partial charge in [-0.3, -0.25) is 5.84 Å². The van der Waals surface area contributed by atoms with E-state index in [4.69, 9.17) is 10.6 Å².